The Bertz CT molecular complexity index is 731. The van der Waals surface area contributed by atoms with Crippen molar-refractivity contribution in [1.82, 2.24) is 20.4 Å². The van der Waals surface area contributed by atoms with Crippen molar-refractivity contribution < 1.29 is 9.32 Å². The van der Waals surface area contributed by atoms with E-state index in [4.69, 9.17) is 4.52 Å². The van der Waals surface area contributed by atoms with Crippen molar-refractivity contribution in [3.05, 3.63) is 35.7 Å². The number of carbonyl (C=O) groups is 1. The van der Waals surface area contributed by atoms with Crippen molar-refractivity contribution in [3.63, 3.8) is 0 Å². The highest BCUT2D eigenvalue weighted by Crippen LogP contribution is 2.23. The molecule has 0 saturated carbocycles. The molecule has 2 aromatic rings. The van der Waals surface area contributed by atoms with Gasteiger partial charge in [0.1, 0.15) is 0 Å². The number of aromatic nitrogens is 2. The Morgan fingerprint density at radius 2 is 2.08 bits per heavy atom. The molecule has 0 radical (unpaired) electrons. The SMILES string of the molecule is CC(C)(C)Cc1nc(-c2cccc(C(=O)N3CCCNCC3)c2)no1.Cl. The van der Waals surface area contributed by atoms with Crippen molar-refractivity contribution in [2.45, 2.75) is 33.6 Å². The van der Waals surface area contributed by atoms with Crippen LogP contribution in [0.4, 0.5) is 0 Å². The van der Waals surface area contributed by atoms with E-state index >= 15 is 0 Å². The molecule has 0 spiro atoms. The minimum absolute atomic E-state index is 0. The second-order valence-corrected chi connectivity index (χ2v) is 7.73. The van der Waals surface area contributed by atoms with Crippen LogP contribution in [0, 0.1) is 5.41 Å². The van der Waals surface area contributed by atoms with Crippen LogP contribution in [0.3, 0.4) is 0 Å². The first-order chi connectivity index (χ1) is 11.9. The Kier molecular flexibility index (Phi) is 6.78. The van der Waals surface area contributed by atoms with E-state index in [1.165, 1.54) is 0 Å². The van der Waals surface area contributed by atoms with Crippen LogP contribution in [0.25, 0.3) is 11.4 Å². The molecule has 6 nitrogen and oxygen atoms in total. The largest absolute Gasteiger partial charge is 0.339 e. The molecule has 1 aromatic heterocycles. The Morgan fingerprint density at radius 1 is 1.27 bits per heavy atom. The molecule has 142 valence electrons. The Labute approximate surface area is 160 Å². The van der Waals surface area contributed by atoms with Crippen molar-refractivity contribution in [1.29, 1.82) is 0 Å². The smallest absolute Gasteiger partial charge is 0.253 e. The molecule has 1 fully saturated rings. The maximum absolute atomic E-state index is 12.8. The minimum Gasteiger partial charge on any atom is -0.339 e. The quantitative estimate of drug-likeness (QED) is 0.888. The fourth-order valence-corrected chi connectivity index (χ4v) is 2.92. The summed E-state index contributed by atoms with van der Waals surface area (Å²) < 4.78 is 5.36. The van der Waals surface area contributed by atoms with Crippen LogP contribution in [-0.2, 0) is 6.42 Å². The molecule has 1 aromatic carbocycles. The van der Waals surface area contributed by atoms with Crippen LogP contribution in [0.1, 0.15) is 43.4 Å². The van der Waals surface area contributed by atoms with Gasteiger partial charge in [-0.3, -0.25) is 4.79 Å². The summed E-state index contributed by atoms with van der Waals surface area (Å²) in [6.07, 6.45) is 1.70. The maximum Gasteiger partial charge on any atom is 0.253 e. The van der Waals surface area contributed by atoms with E-state index in [9.17, 15) is 4.79 Å². The van der Waals surface area contributed by atoms with Gasteiger partial charge in [0, 0.05) is 37.2 Å². The van der Waals surface area contributed by atoms with E-state index in [-0.39, 0.29) is 23.7 Å². The third-order valence-electron chi connectivity index (χ3n) is 4.14. The van der Waals surface area contributed by atoms with Crippen LogP contribution in [0.2, 0.25) is 0 Å². The van der Waals surface area contributed by atoms with Gasteiger partial charge in [-0.1, -0.05) is 38.1 Å². The van der Waals surface area contributed by atoms with Gasteiger partial charge in [0.25, 0.3) is 5.91 Å². The van der Waals surface area contributed by atoms with E-state index in [1.54, 1.807) is 0 Å². The number of nitrogens with zero attached hydrogens (tertiary/aromatic N) is 3. The summed E-state index contributed by atoms with van der Waals surface area (Å²) in [6, 6.07) is 7.48. The zero-order chi connectivity index (χ0) is 17.9. The molecule has 0 aliphatic carbocycles. The third kappa shape index (κ3) is 5.29. The zero-order valence-corrected chi connectivity index (χ0v) is 16.4. The van der Waals surface area contributed by atoms with Crippen LogP contribution in [-0.4, -0.2) is 47.1 Å². The van der Waals surface area contributed by atoms with Crippen molar-refractivity contribution in [2.24, 2.45) is 5.41 Å². The second kappa shape index (κ2) is 8.64. The van der Waals surface area contributed by atoms with Gasteiger partial charge >= 0.3 is 0 Å². The highest BCUT2D eigenvalue weighted by Gasteiger charge is 2.20. The van der Waals surface area contributed by atoms with Crippen molar-refractivity contribution >= 4 is 18.3 Å². The molecule has 1 saturated heterocycles. The number of halogens is 1. The molecular formula is C19H27ClN4O2. The van der Waals surface area contributed by atoms with Crippen LogP contribution >= 0.6 is 12.4 Å². The van der Waals surface area contributed by atoms with Crippen LogP contribution < -0.4 is 5.32 Å². The fraction of sp³-hybridized carbons (Fsp3) is 0.526. The number of hydrogen-bond acceptors (Lipinski definition) is 5. The molecule has 0 unspecified atom stereocenters. The molecule has 0 atom stereocenters. The topological polar surface area (TPSA) is 71.3 Å². The average Bonchev–Trinajstić information content (AvgIpc) is 2.85. The van der Waals surface area contributed by atoms with E-state index in [0.29, 0.717) is 17.3 Å². The summed E-state index contributed by atoms with van der Waals surface area (Å²) in [5, 5.41) is 7.39. The van der Waals surface area contributed by atoms with E-state index in [1.807, 2.05) is 29.2 Å². The molecule has 1 N–H and O–H groups in total. The number of hydrogen-bond donors (Lipinski definition) is 1. The number of carbonyl (C=O) groups excluding carboxylic acids is 1. The first-order valence-corrected chi connectivity index (χ1v) is 8.85. The lowest BCUT2D eigenvalue weighted by molar-refractivity contribution is 0.0766. The number of benzene rings is 1. The normalized spacial score (nSPS) is 15.3. The van der Waals surface area contributed by atoms with Crippen molar-refractivity contribution in [2.75, 3.05) is 26.2 Å². The number of rotatable bonds is 3. The summed E-state index contributed by atoms with van der Waals surface area (Å²) in [6.45, 7) is 9.72. The standard InChI is InChI=1S/C19H26N4O2.ClH/c1-19(2,3)13-16-21-17(22-25-16)14-6-4-7-15(12-14)18(24)23-10-5-8-20-9-11-23;/h4,6-7,12,20H,5,8-11,13H2,1-3H3;1H. The summed E-state index contributed by atoms with van der Waals surface area (Å²) in [5.74, 6) is 1.22. The average molecular weight is 379 g/mol. The zero-order valence-electron chi connectivity index (χ0n) is 15.6. The number of amides is 1. The molecule has 7 heteroatoms. The highest BCUT2D eigenvalue weighted by molar-refractivity contribution is 5.95. The summed E-state index contributed by atoms with van der Waals surface area (Å²) in [7, 11) is 0. The van der Waals surface area contributed by atoms with Crippen LogP contribution in [0.5, 0.6) is 0 Å². The molecule has 1 aliphatic heterocycles. The van der Waals surface area contributed by atoms with Gasteiger partial charge in [-0.05, 0) is 30.5 Å². The molecule has 3 rings (SSSR count). The van der Waals surface area contributed by atoms with Gasteiger partial charge in [0.05, 0.1) is 0 Å². The Hall–Kier alpha value is -1.92. The molecule has 1 aliphatic rings. The first kappa shape index (κ1) is 20.4. The molecule has 1 amide bonds. The second-order valence-electron chi connectivity index (χ2n) is 7.73. The lowest BCUT2D eigenvalue weighted by Crippen LogP contribution is -2.34. The van der Waals surface area contributed by atoms with Gasteiger partial charge < -0.3 is 14.7 Å². The predicted molar refractivity (Wildman–Crippen MR) is 104 cm³/mol. The van der Waals surface area contributed by atoms with Crippen molar-refractivity contribution in [3.8, 4) is 11.4 Å². The number of nitrogens with one attached hydrogen (secondary N) is 1. The lowest BCUT2D eigenvalue weighted by Gasteiger charge is -2.20. The van der Waals surface area contributed by atoms with Crippen LogP contribution in [0.15, 0.2) is 28.8 Å². The lowest BCUT2D eigenvalue weighted by atomic mass is 9.92. The first-order valence-electron chi connectivity index (χ1n) is 8.85. The molecule has 0 bridgehead atoms. The van der Waals surface area contributed by atoms with Gasteiger partial charge in [0.2, 0.25) is 11.7 Å². The van der Waals surface area contributed by atoms with E-state index < -0.39 is 0 Å². The maximum atomic E-state index is 12.8. The predicted octanol–water partition coefficient (Wildman–Crippen LogP) is 3.18. The minimum atomic E-state index is 0. The monoisotopic (exact) mass is 378 g/mol. The third-order valence-corrected chi connectivity index (χ3v) is 4.14. The summed E-state index contributed by atoms with van der Waals surface area (Å²) in [5.41, 5.74) is 1.56. The Balaban J connectivity index is 0.00000243. The van der Waals surface area contributed by atoms with Gasteiger partial charge in [-0.2, -0.15) is 4.98 Å². The summed E-state index contributed by atoms with van der Waals surface area (Å²) >= 11 is 0. The van der Waals surface area contributed by atoms with E-state index in [0.717, 1.165) is 44.6 Å². The Morgan fingerprint density at radius 3 is 2.85 bits per heavy atom. The van der Waals surface area contributed by atoms with Gasteiger partial charge in [0.15, 0.2) is 0 Å². The van der Waals surface area contributed by atoms with Gasteiger partial charge in [-0.15, -0.1) is 12.4 Å². The molecule has 2 heterocycles. The fourth-order valence-electron chi connectivity index (χ4n) is 2.92. The van der Waals surface area contributed by atoms with E-state index in [2.05, 4.69) is 36.2 Å². The summed E-state index contributed by atoms with van der Waals surface area (Å²) in [4.78, 5) is 19.1. The molecular weight excluding hydrogens is 352 g/mol. The highest BCUT2D eigenvalue weighted by atomic mass is 35.5. The molecule has 26 heavy (non-hydrogen) atoms. The van der Waals surface area contributed by atoms with Gasteiger partial charge in [-0.25, -0.2) is 0 Å².